The lowest BCUT2D eigenvalue weighted by Crippen LogP contribution is -2.08. The second-order valence-electron chi connectivity index (χ2n) is 5.43. The van der Waals surface area contributed by atoms with Gasteiger partial charge in [-0.3, -0.25) is 0 Å². The van der Waals surface area contributed by atoms with Gasteiger partial charge in [-0.1, -0.05) is 37.8 Å². The van der Waals surface area contributed by atoms with Gasteiger partial charge in [0.1, 0.15) is 5.75 Å². The van der Waals surface area contributed by atoms with Crippen LogP contribution in [0.4, 0.5) is 0 Å². The molecule has 0 aliphatic heterocycles. The fraction of sp³-hybridized carbons (Fsp3) is 0.238. The molecule has 3 heteroatoms. The van der Waals surface area contributed by atoms with Gasteiger partial charge in [-0.25, -0.2) is 4.79 Å². The zero-order valence-electron chi connectivity index (χ0n) is 13.7. The molecule has 0 amide bonds. The molecule has 0 saturated heterocycles. The highest BCUT2D eigenvalue weighted by atomic mass is 16.5. The number of esters is 1. The van der Waals surface area contributed by atoms with Gasteiger partial charge in [0.25, 0.3) is 0 Å². The third-order valence-corrected chi connectivity index (χ3v) is 3.59. The van der Waals surface area contributed by atoms with Gasteiger partial charge in [-0.2, -0.15) is 5.26 Å². The molecule has 24 heavy (non-hydrogen) atoms. The first kappa shape index (κ1) is 17.3. The highest BCUT2D eigenvalue weighted by Crippen LogP contribution is 2.15. The van der Waals surface area contributed by atoms with Crippen LogP contribution in [-0.4, -0.2) is 5.97 Å². The average Bonchev–Trinajstić information content (AvgIpc) is 2.62. The van der Waals surface area contributed by atoms with Crippen molar-refractivity contribution in [1.29, 1.82) is 5.26 Å². The topological polar surface area (TPSA) is 50.1 Å². The number of ether oxygens (including phenoxy) is 1. The molecule has 3 nitrogen and oxygen atoms in total. The Hall–Kier alpha value is -3.04. The summed E-state index contributed by atoms with van der Waals surface area (Å²) in [5, 5.41) is 8.41. The molecule has 0 heterocycles. The molecule has 0 saturated carbocycles. The monoisotopic (exact) mass is 317 g/mol. The number of benzene rings is 2. The number of carbonyl (C=O) groups is 1. The Bertz CT molecular complexity index is 772. The lowest BCUT2D eigenvalue weighted by molar-refractivity contribution is 0.0735. The number of hydrogen-bond acceptors (Lipinski definition) is 3. The molecule has 0 bridgehead atoms. The second kappa shape index (κ2) is 9.18. The van der Waals surface area contributed by atoms with E-state index in [1.165, 1.54) is 24.8 Å². The van der Waals surface area contributed by atoms with Gasteiger partial charge in [-0.05, 0) is 54.8 Å². The van der Waals surface area contributed by atoms with Crippen LogP contribution in [-0.2, 0) is 6.42 Å². The SMILES string of the molecule is CCCCCc1ccc(C(=O)Oc2ccc(C#CC#N)cc2)cc1. The minimum Gasteiger partial charge on any atom is -0.423 e. The van der Waals surface area contributed by atoms with Crippen molar-refractivity contribution in [3.05, 3.63) is 65.2 Å². The molecule has 2 rings (SSSR count). The van der Waals surface area contributed by atoms with Gasteiger partial charge in [0, 0.05) is 11.5 Å². The number of rotatable bonds is 6. The minimum atomic E-state index is -0.383. The van der Waals surface area contributed by atoms with E-state index in [2.05, 4.69) is 18.8 Å². The summed E-state index contributed by atoms with van der Waals surface area (Å²) in [4.78, 5) is 12.1. The van der Waals surface area contributed by atoms with E-state index in [1.54, 1.807) is 42.5 Å². The first-order valence-electron chi connectivity index (χ1n) is 8.04. The number of aryl methyl sites for hydroxylation is 1. The van der Waals surface area contributed by atoms with Gasteiger partial charge < -0.3 is 4.74 Å². The molecule has 0 aliphatic rings. The predicted molar refractivity (Wildman–Crippen MR) is 93.6 cm³/mol. The standard InChI is InChI=1S/C21H19NO2/c1-2-3-4-6-17-8-12-19(13-9-17)21(23)24-20-14-10-18(11-15-20)7-5-16-22/h8-15H,2-4,6H2,1H3. The molecule has 0 N–H and O–H groups in total. The summed E-state index contributed by atoms with van der Waals surface area (Å²) >= 11 is 0. The van der Waals surface area contributed by atoms with Crippen LogP contribution in [0.1, 0.15) is 47.7 Å². The van der Waals surface area contributed by atoms with E-state index in [-0.39, 0.29) is 5.97 Å². The maximum atomic E-state index is 12.1. The zero-order chi connectivity index (χ0) is 17.2. The molecule has 0 radical (unpaired) electrons. The fourth-order valence-electron chi connectivity index (χ4n) is 2.26. The number of hydrogen-bond donors (Lipinski definition) is 0. The number of nitriles is 1. The summed E-state index contributed by atoms with van der Waals surface area (Å²) < 4.78 is 5.35. The molecular formula is C21H19NO2. The number of unbranched alkanes of at least 4 members (excludes halogenated alkanes) is 2. The smallest absolute Gasteiger partial charge is 0.343 e. The van der Waals surface area contributed by atoms with Crippen LogP contribution in [0.5, 0.6) is 5.75 Å². The van der Waals surface area contributed by atoms with Gasteiger partial charge in [0.05, 0.1) is 5.56 Å². The van der Waals surface area contributed by atoms with E-state index in [0.717, 1.165) is 6.42 Å². The maximum Gasteiger partial charge on any atom is 0.343 e. The Morgan fingerprint density at radius 2 is 1.75 bits per heavy atom. The molecule has 0 atom stereocenters. The quantitative estimate of drug-likeness (QED) is 0.341. The van der Waals surface area contributed by atoms with Crippen molar-refractivity contribution in [2.75, 3.05) is 0 Å². The van der Waals surface area contributed by atoms with Gasteiger partial charge in [0.15, 0.2) is 6.07 Å². The maximum absolute atomic E-state index is 12.1. The summed E-state index contributed by atoms with van der Waals surface area (Å²) in [6, 6.07) is 16.1. The van der Waals surface area contributed by atoms with Crippen molar-refractivity contribution in [3.63, 3.8) is 0 Å². The van der Waals surface area contributed by atoms with Gasteiger partial charge in [-0.15, -0.1) is 0 Å². The molecule has 0 unspecified atom stereocenters. The van der Waals surface area contributed by atoms with Crippen molar-refractivity contribution >= 4 is 5.97 Å². The highest BCUT2D eigenvalue weighted by Gasteiger charge is 2.08. The van der Waals surface area contributed by atoms with Crippen LogP contribution >= 0.6 is 0 Å². The lowest BCUT2D eigenvalue weighted by atomic mass is 10.1. The third-order valence-electron chi connectivity index (χ3n) is 3.59. The van der Waals surface area contributed by atoms with Crippen molar-refractivity contribution < 1.29 is 9.53 Å². The number of carbonyl (C=O) groups excluding carboxylic acids is 1. The van der Waals surface area contributed by atoms with Crippen LogP contribution < -0.4 is 4.74 Å². The summed E-state index contributed by atoms with van der Waals surface area (Å²) in [6.07, 6.45) is 4.62. The van der Waals surface area contributed by atoms with Gasteiger partial charge in [0.2, 0.25) is 0 Å². The van der Waals surface area contributed by atoms with E-state index < -0.39 is 0 Å². The highest BCUT2D eigenvalue weighted by molar-refractivity contribution is 5.91. The van der Waals surface area contributed by atoms with Crippen LogP contribution in [0.25, 0.3) is 0 Å². The molecular weight excluding hydrogens is 298 g/mol. The molecule has 0 fully saturated rings. The largest absolute Gasteiger partial charge is 0.423 e. The van der Waals surface area contributed by atoms with Gasteiger partial charge >= 0.3 is 5.97 Å². The first-order valence-corrected chi connectivity index (χ1v) is 8.04. The molecule has 120 valence electrons. The summed E-state index contributed by atoms with van der Waals surface area (Å²) in [7, 11) is 0. The van der Waals surface area contributed by atoms with E-state index in [0.29, 0.717) is 16.9 Å². The average molecular weight is 317 g/mol. The molecule has 2 aromatic carbocycles. The van der Waals surface area contributed by atoms with Crippen molar-refractivity contribution in [2.24, 2.45) is 0 Å². The van der Waals surface area contributed by atoms with Crippen molar-refractivity contribution in [3.8, 4) is 23.7 Å². The Kier molecular flexibility index (Phi) is 6.62. The summed E-state index contributed by atoms with van der Waals surface area (Å²) in [5.74, 6) is 5.07. The molecule has 0 aliphatic carbocycles. The summed E-state index contributed by atoms with van der Waals surface area (Å²) in [5.41, 5.74) is 2.47. The lowest BCUT2D eigenvalue weighted by Gasteiger charge is -2.06. The number of nitrogens with zero attached hydrogens (tertiary/aromatic N) is 1. The zero-order valence-corrected chi connectivity index (χ0v) is 13.7. The second-order valence-corrected chi connectivity index (χ2v) is 5.43. The van der Waals surface area contributed by atoms with Crippen LogP contribution in [0.3, 0.4) is 0 Å². The minimum absolute atomic E-state index is 0.383. The third kappa shape index (κ3) is 5.30. The predicted octanol–water partition coefficient (Wildman–Crippen LogP) is 4.51. The van der Waals surface area contributed by atoms with E-state index in [9.17, 15) is 4.79 Å². The van der Waals surface area contributed by atoms with Crippen LogP contribution in [0, 0.1) is 23.2 Å². The fourth-order valence-corrected chi connectivity index (χ4v) is 2.26. The summed E-state index contributed by atoms with van der Waals surface area (Å²) in [6.45, 7) is 2.18. The Morgan fingerprint density at radius 1 is 1.04 bits per heavy atom. The van der Waals surface area contributed by atoms with E-state index in [4.69, 9.17) is 10.00 Å². The molecule has 2 aromatic rings. The van der Waals surface area contributed by atoms with Crippen LogP contribution in [0.2, 0.25) is 0 Å². The van der Waals surface area contributed by atoms with E-state index >= 15 is 0 Å². The Labute approximate surface area is 142 Å². The van der Waals surface area contributed by atoms with Crippen molar-refractivity contribution in [1.82, 2.24) is 0 Å². The Balaban J connectivity index is 1.95. The Morgan fingerprint density at radius 3 is 2.38 bits per heavy atom. The molecule has 0 spiro atoms. The van der Waals surface area contributed by atoms with E-state index in [1.807, 2.05) is 12.1 Å². The normalized spacial score (nSPS) is 9.50. The van der Waals surface area contributed by atoms with Crippen molar-refractivity contribution in [2.45, 2.75) is 32.6 Å². The molecule has 0 aromatic heterocycles. The first-order chi connectivity index (χ1) is 11.7. The van der Waals surface area contributed by atoms with Crippen LogP contribution in [0.15, 0.2) is 48.5 Å².